The predicted molar refractivity (Wildman–Crippen MR) is 64.7 cm³/mol. The van der Waals surface area contributed by atoms with E-state index >= 15 is 0 Å². The van der Waals surface area contributed by atoms with Crippen LogP contribution in [-0.2, 0) is 0 Å². The molecule has 0 aliphatic heterocycles. The van der Waals surface area contributed by atoms with E-state index in [9.17, 15) is 0 Å². The maximum atomic E-state index is 7.43. The molecule has 0 saturated carbocycles. The Morgan fingerprint density at radius 3 is 2.73 bits per heavy atom. The third-order valence-electron chi connectivity index (χ3n) is 2.59. The Balaban J connectivity index is 2.31. The Bertz CT molecular complexity index is 607. The molecule has 0 N–H and O–H groups in total. The Hall–Kier alpha value is -1.37. The molecule has 1 aromatic heterocycles. The minimum absolute atomic E-state index is 0.251. The van der Waals surface area contributed by atoms with E-state index in [1.54, 1.807) is 25.1 Å². The summed E-state index contributed by atoms with van der Waals surface area (Å²) in [6.45, 7) is -2.46. The summed E-state index contributed by atoms with van der Waals surface area (Å²) >= 11 is 0. The number of hydrogen-bond donors (Lipinski definition) is 0. The molecule has 0 atom stereocenters. The number of rotatable bonds is 1. The minimum atomic E-state index is -2.16. The van der Waals surface area contributed by atoms with Crippen molar-refractivity contribution < 1.29 is 8.22 Å². The van der Waals surface area contributed by atoms with Gasteiger partial charge in [-0.1, -0.05) is 17.7 Å². The molecule has 0 fully saturated rings. The van der Waals surface area contributed by atoms with E-state index in [4.69, 9.17) is 8.22 Å². The van der Waals surface area contributed by atoms with E-state index in [2.05, 4.69) is 4.98 Å². The lowest BCUT2D eigenvalue weighted by molar-refractivity contribution is 0.966. The number of allylic oxidation sites excluding steroid dienone is 4. The highest BCUT2D eigenvalue weighted by atomic mass is 14.7. The lowest BCUT2D eigenvalue weighted by atomic mass is 9.96. The molecule has 1 heterocycles. The molecule has 1 aliphatic rings. The second-order valence-corrected chi connectivity index (χ2v) is 3.77. The van der Waals surface area contributed by atoms with Gasteiger partial charge in [0.05, 0.1) is 5.69 Å². The Morgan fingerprint density at radius 2 is 2.13 bits per heavy atom. The van der Waals surface area contributed by atoms with Crippen LogP contribution in [0, 0.1) is 13.8 Å². The topological polar surface area (TPSA) is 12.9 Å². The zero-order valence-electron chi connectivity index (χ0n) is 14.7. The van der Waals surface area contributed by atoms with Gasteiger partial charge in [0.15, 0.2) is 0 Å². The van der Waals surface area contributed by atoms with Gasteiger partial charge >= 0.3 is 0 Å². The lowest BCUT2D eigenvalue weighted by Crippen LogP contribution is -1.96. The highest BCUT2D eigenvalue weighted by Crippen LogP contribution is 2.25. The quantitative estimate of drug-likeness (QED) is 0.679. The predicted octanol–water partition coefficient (Wildman–Crippen LogP) is 3.82. The first-order valence-electron chi connectivity index (χ1n) is 7.97. The average Bonchev–Trinajstić information content (AvgIpc) is 2.36. The van der Waals surface area contributed by atoms with Gasteiger partial charge in [-0.25, -0.2) is 0 Å². The van der Waals surface area contributed by atoms with E-state index in [1.165, 1.54) is 6.20 Å². The highest BCUT2D eigenvalue weighted by molar-refractivity contribution is 5.66. The third-order valence-corrected chi connectivity index (χ3v) is 2.59. The van der Waals surface area contributed by atoms with Gasteiger partial charge in [0.2, 0.25) is 0 Å². The van der Waals surface area contributed by atoms with Crippen LogP contribution in [-0.4, -0.2) is 4.98 Å². The van der Waals surface area contributed by atoms with Crippen molar-refractivity contribution in [1.29, 1.82) is 0 Å². The molecule has 78 valence electrons. The summed E-state index contributed by atoms with van der Waals surface area (Å²) in [4.78, 5) is 4.22. The summed E-state index contributed by atoms with van der Waals surface area (Å²) in [6, 6.07) is 1.75. The van der Waals surface area contributed by atoms with E-state index in [1.807, 2.05) is 0 Å². The van der Waals surface area contributed by atoms with Gasteiger partial charge in [-0.15, -0.1) is 0 Å². The summed E-state index contributed by atoms with van der Waals surface area (Å²) in [7, 11) is 0. The first-order chi connectivity index (χ1) is 9.59. The molecule has 0 bridgehead atoms. The molecule has 0 aromatic carbocycles. The fraction of sp³-hybridized carbons (Fsp3) is 0.357. The Labute approximate surface area is 100.0 Å². The lowest BCUT2D eigenvalue weighted by Gasteiger charge is -2.12. The summed E-state index contributed by atoms with van der Waals surface area (Å²) in [5.74, 6) is 0. The molecule has 1 nitrogen and oxygen atoms in total. The van der Waals surface area contributed by atoms with E-state index in [0.29, 0.717) is 29.7 Å². The van der Waals surface area contributed by atoms with E-state index < -0.39 is 13.7 Å². The molecule has 0 spiro atoms. The Kier molecular flexibility index (Phi) is 1.37. The Morgan fingerprint density at radius 1 is 1.20 bits per heavy atom. The van der Waals surface area contributed by atoms with Crippen molar-refractivity contribution in [3.8, 4) is 0 Å². The molecular weight excluding hydrogens is 182 g/mol. The van der Waals surface area contributed by atoms with Crippen LogP contribution >= 0.6 is 0 Å². The summed E-state index contributed by atoms with van der Waals surface area (Å²) in [5.41, 5.74) is 3.01. The number of aryl methyl sites for hydroxylation is 2. The SMILES string of the molecule is [2H]C([2H])([2H])C1=CC=C(c2cc(C)c(C([2H])([2H])[2H])cn2)CC1. The smallest absolute Gasteiger partial charge is 0.0664 e. The molecule has 1 heteroatoms. The van der Waals surface area contributed by atoms with Crippen LogP contribution in [0.2, 0.25) is 0 Å². The number of aromatic nitrogens is 1. The summed E-state index contributed by atoms with van der Waals surface area (Å²) in [6.07, 6.45) is 5.86. The van der Waals surface area contributed by atoms with Crippen LogP contribution in [0.3, 0.4) is 0 Å². The van der Waals surface area contributed by atoms with Crippen LogP contribution in [0.4, 0.5) is 0 Å². The summed E-state index contributed by atoms with van der Waals surface area (Å²) in [5, 5.41) is 0. The van der Waals surface area contributed by atoms with Gasteiger partial charge < -0.3 is 0 Å². The molecule has 1 aliphatic carbocycles. The van der Waals surface area contributed by atoms with Crippen molar-refractivity contribution in [2.75, 3.05) is 0 Å². The van der Waals surface area contributed by atoms with E-state index in [-0.39, 0.29) is 5.56 Å². The van der Waals surface area contributed by atoms with Crippen molar-refractivity contribution in [3.05, 3.63) is 46.8 Å². The molecular formula is C14H17N. The fourth-order valence-electron chi connectivity index (χ4n) is 1.58. The van der Waals surface area contributed by atoms with Crippen LogP contribution < -0.4 is 0 Å². The normalized spacial score (nSPS) is 23.5. The average molecular weight is 205 g/mol. The fourth-order valence-corrected chi connectivity index (χ4v) is 1.58. The minimum Gasteiger partial charge on any atom is -0.256 e. The van der Waals surface area contributed by atoms with Gasteiger partial charge in [-0.05, 0) is 56.2 Å². The molecule has 0 amide bonds. The van der Waals surface area contributed by atoms with Gasteiger partial charge in [0.1, 0.15) is 0 Å². The van der Waals surface area contributed by atoms with Crippen LogP contribution in [0.25, 0.3) is 5.57 Å². The monoisotopic (exact) mass is 205 g/mol. The van der Waals surface area contributed by atoms with Crippen LogP contribution in [0.1, 0.15) is 44.7 Å². The van der Waals surface area contributed by atoms with Gasteiger partial charge in [0.25, 0.3) is 0 Å². The van der Waals surface area contributed by atoms with Crippen molar-refractivity contribution in [2.45, 2.75) is 33.5 Å². The van der Waals surface area contributed by atoms with Gasteiger partial charge in [-0.3, -0.25) is 4.98 Å². The maximum Gasteiger partial charge on any atom is 0.0664 e. The second-order valence-electron chi connectivity index (χ2n) is 3.77. The maximum absolute atomic E-state index is 7.43. The highest BCUT2D eigenvalue weighted by Gasteiger charge is 2.07. The molecule has 0 radical (unpaired) electrons. The molecule has 0 unspecified atom stereocenters. The second kappa shape index (κ2) is 4.01. The van der Waals surface area contributed by atoms with Crippen molar-refractivity contribution in [1.82, 2.24) is 4.98 Å². The van der Waals surface area contributed by atoms with E-state index in [0.717, 1.165) is 5.57 Å². The number of pyridine rings is 1. The van der Waals surface area contributed by atoms with Crippen molar-refractivity contribution in [2.24, 2.45) is 0 Å². The summed E-state index contributed by atoms with van der Waals surface area (Å²) < 4.78 is 44.4. The van der Waals surface area contributed by atoms with Gasteiger partial charge in [0, 0.05) is 14.4 Å². The standard InChI is InChI=1S/C14H17N/c1-10-4-6-13(7-5-10)14-8-11(2)12(3)9-15-14/h4,6,8-9H,5,7H2,1-3H3/i1D3,3D3. The first-order valence-corrected chi connectivity index (χ1v) is 4.97. The van der Waals surface area contributed by atoms with Crippen molar-refractivity contribution in [3.63, 3.8) is 0 Å². The van der Waals surface area contributed by atoms with Gasteiger partial charge in [-0.2, -0.15) is 0 Å². The number of hydrogen-bond acceptors (Lipinski definition) is 1. The molecule has 1 aromatic rings. The third kappa shape index (κ3) is 2.17. The molecule has 2 rings (SSSR count). The van der Waals surface area contributed by atoms with Crippen LogP contribution in [0.15, 0.2) is 30.0 Å². The largest absolute Gasteiger partial charge is 0.256 e. The zero-order valence-corrected chi connectivity index (χ0v) is 8.67. The van der Waals surface area contributed by atoms with Crippen molar-refractivity contribution >= 4 is 5.57 Å². The molecule has 15 heavy (non-hydrogen) atoms. The first kappa shape index (κ1) is 5.11. The van der Waals surface area contributed by atoms with Crippen LogP contribution in [0.5, 0.6) is 0 Å². The molecule has 0 saturated heterocycles. The zero-order chi connectivity index (χ0) is 15.8. The number of nitrogens with zero attached hydrogens (tertiary/aromatic N) is 1.